The topological polar surface area (TPSA) is 0 Å². The summed E-state index contributed by atoms with van der Waals surface area (Å²) < 4.78 is 0. The summed E-state index contributed by atoms with van der Waals surface area (Å²) in [7, 11) is -1.67. The van der Waals surface area contributed by atoms with E-state index in [0.29, 0.717) is 0 Å². The molecule has 3 aromatic carbocycles. The number of rotatable bonds is 5. The summed E-state index contributed by atoms with van der Waals surface area (Å²) in [5.41, 5.74) is 4.16. The van der Waals surface area contributed by atoms with Crippen LogP contribution in [0, 0.1) is 0 Å². The van der Waals surface area contributed by atoms with Crippen LogP contribution < -0.4 is 10.4 Å². The third kappa shape index (κ3) is 3.71. The van der Waals surface area contributed by atoms with Crippen molar-refractivity contribution in [1.82, 2.24) is 0 Å². The van der Waals surface area contributed by atoms with Gasteiger partial charge in [0.15, 0.2) is 0 Å². The maximum Gasteiger partial charge on any atom is 0.112 e. The zero-order valence-corrected chi connectivity index (χ0v) is 16.9. The van der Waals surface area contributed by atoms with E-state index < -0.39 is 8.07 Å². The van der Waals surface area contributed by atoms with Gasteiger partial charge in [0.2, 0.25) is 0 Å². The van der Waals surface area contributed by atoms with Gasteiger partial charge in [-0.1, -0.05) is 118 Å². The molecule has 0 aliphatic heterocycles. The van der Waals surface area contributed by atoms with E-state index in [1.54, 1.807) is 0 Å². The van der Waals surface area contributed by atoms with Crippen molar-refractivity contribution >= 4 is 34.4 Å². The molecule has 24 heavy (non-hydrogen) atoms. The van der Waals surface area contributed by atoms with E-state index in [1.165, 1.54) is 27.1 Å². The molecule has 0 aromatic heterocycles. The maximum absolute atomic E-state index is 3.64. The first-order chi connectivity index (χ1) is 11.6. The zero-order chi connectivity index (χ0) is 17.0. The van der Waals surface area contributed by atoms with Crippen molar-refractivity contribution in [3.63, 3.8) is 0 Å². The van der Waals surface area contributed by atoms with Gasteiger partial charge >= 0.3 is 0 Å². The smallest absolute Gasteiger partial charge is 0.0876 e. The fraction of sp³-hybridized carbons (Fsp3) is 0.182. The molecule has 3 rings (SSSR count). The summed E-state index contributed by atoms with van der Waals surface area (Å²) in [5.74, 6) is 0. The van der Waals surface area contributed by atoms with Crippen LogP contribution in [0.2, 0.25) is 13.1 Å². The van der Waals surface area contributed by atoms with Crippen LogP contribution in [-0.2, 0) is 11.8 Å². The molecule has 2 heteroatoms. The number of hydrogen-bond acceptors (Lipinski definition) is 0. The van der Waals surface area contributed by atoms with Crippen LogP contribution in [0.3, 0.4) is 0 Å². The molecular formula is C22H23BrSi. The van der Waals surface area contributed by atoms with Gasteiger partial charge in [0.05, 0.1) is 0 Å². The molecule has 0 unspecified atom stereocenters. The third-order valence-electron chi connectivity index (χ3n) is 4.76. The van der Waals surface area contributed by atoms with Crippen LogP contribution in [-0.4, -0.2) is 8.07 Å². The van der Waals surface area contributed by atoms with E-state index in [0.717, 1.165) is 11.8 Å². The molecule has 0 aliphatic carbocycles. The fourth-order valence-electron chi connectivity index (χ4n) is 3.27. The van der Waals surface area contributed by atoms with Crippen molar-refractivity contribution in [1.29, 1.82) is 0 Å². The minimum atomic E-state index is -1.67. The minimum Gasteiger partial charge on any atom is -0.0876 e. The van der Waals surface area contributed by atoms with Gasteiger partial charge in [-0.05, 0) is 23.1 Å². The van der Waals surface area contributed by atoms with E-state index >= 15 is 0 Å². The summed E-state index contributed by atoms with van der Waals surface area (Å²) in [6.45, 7) is 4.89. The van der Waals surface area contributed by atoms with Crippen molar-refractivity contribution in [2.24, 2.45) is 0 Å². The predicted molar refractivity (Wildman–Crippen MR) is 112 cm³/mol. The summed E-state index contributed by atoms with van der Waals surface area (Å²) >= 11 is 3.64. The molecule has 0 atom stereocenters. The Balaban J connectivity index is 1.86. The van der Waals surface area contributed by atoms with E-state index in [-0.39, 0.29) is 0 Å². The summed E-state index contributed by atoms with van der Waals surface area (Å²) in [6.07, 6.45) is 1.00. The molecule has 0 N–H and O–H groups in total. The van der Waals surface area contributed by atoms with Gasteiger partial charge in [-0.3, -0.25) is 0 Å². The lowest BCUT2D eigenvalue weighted by molar-refractivity contribution is 1.20. The molecule has 0 spiro atoms. The second-order valence-corrected chi connectivity index (χ2v) is 11.7. The van der Waals surface area contributed by atoms with E-state index in [2.05, 4.69) is 108 Å². The Morgan fingerprint density at radius 3 is 1.96 bits per heavy atom. The predicted octanol–water partition coefficient (Wildman–Crippen LogP) is 4.99. The monoisotopic (exact) mass is 394 g/mol. The molecule has 0 bridgehead atoms. The van der Waals surface area contributed by atoms with Gasteiger partial charge in [-0.2, -0.15) is 0 Å². The number of alkyl halides is 1. The Kier molecular flexibility index (Phi) is 5.37. The average Bonchev–Trinajstić information content (AvgIpc) is 2.63. The van der Waals surface area contributed by atoms with Crippen molar-refractivity contribution in [2.45, 2.75) is 24.8 Å². The highest BCUT2D eigenvalue weighted by Gasteiger charge is 2.27. The lowest BCUT2D eigenvalue weighted by Crippen LogP contribution is -2.54. The molecule has 0 aliphatic rings. The van der Waals surface area contributed by atoms with Gasteiger partial charge in [-0.15, -0.1) is 0 Å². The van der Waals surface area contributed by atoms with Crippen LogP contribution in [0.5, 0.6) is 0 Å². The van der Waals surface area contributed by atoms with Crippen molar-refractivity contribution in [3.05, 3.63) is 95.6 Å². The highest BCUT2D eigenvalue weighted by molar-refractivity contribution is 9.08. The van der Waals surface area contributed by atoms with Crippen LogP contribution >= 0.6 is 15.9 Å². The first kappa shape index (κ1) is 17.2. The summed E-state index contributed by atoms with van der Waals surface area (Å²) in [4.78, 5) is 0. The van der Waals surface area contributed by atoms with Crippen molar-refractivity contribution < 1.29 is 0 Å². The third-order valence-corrected chi connectivity index (χ3v) is 8.98. The normalized spacial score (nSPS) is 11.5. The Bertz CT molecular complexity index is 792. The molecule has 0 radical (unpaired) electrons. The van der Waals surface area contributed by atoms with Gasteiger partial charge < -0.3 is 0 Å². The molecule has 0 nitrogen and oxygen atoms in total. The van der Waals surface area contributed by atoms with E-state index in [9.17, 15) is 0 Å². The van der Waals surface area contributed by atoms with Gasteiger partial charge in [0, 0.05) is 5.33 Å². The number of benzene rings is 3. The highest BCUT2D eigenvalue weighted by Crippen LogP contribution is 2.13. The second-order valence-electron chi connectivity index (χ2n) is 6.78. The highest BCUT2D eigenvalue weighted by atomic mass is 79.9. The van der Waals surface area contributed by atoms with E-state index in [4.69, 9.17) is 0 Å². The molecule has 0 heterocycles. The number of halogens is 1. The SMILES string of the molecule is C[Si](C)(c1ccc(Cc2ccccc2)cc1)c1ccccc1CBr. The lowest BCUT2D eigenvalue weighted by Gasteiger charge is -2.26. The average molecular weight is 395 g/mol. The van der Waals surface area contributed by atoms with Crippen LogP contribution in [0.1, 0.15) is 16.7 Å². The van der Waals surface area contributed by atoms with Gasteiger partial charge in [0.1, 0.15) is 8.07 Å². The first-order valence-corrected chi connectivity index (χ1v) is 12.5. The lowest BCUT2D eigenvalue weighted by atomic mass is 10.1. The molecule has 0 amide bonds. The molecule has 3 aromatic rings. The van der Waals surface area contributed by atoms with Crippen LogP contribution in [0.25, 0.3) is 0 Å². The Morgan fingerprint density at radius 1 is 0.708 bits per heavy atom. The van der Waals surface area contributed by atoms with E-state index in [1.807, 2.05) is 0 Å². The van der Waals surface area contributed by atoms with Gasteiger partial charge in [0.25, 0.3) is 0 Å². The minimum absolute atomic E-state index is 0.922. The maximum atomic E-state index is 3.64. The van der Waals surface area contributed by atoms with Gasteiger partial charge in [-0.25, -0.2) is 0 Å². The zero-order valence-electron chi connectivity index (χ0n) is 14.3. The molecule has 0 saturated carbocycles. The summed E-state index contributed by atoms with van der Waals surface area (Å²) in [5, 5.41) is 3.94. The Hall–Kier alpha value is -1.64. The summed E-state index contributed by atoms with van der Waals surface area (Å²) in [6, 6.07) is 28.8. The number of hydrogen-bond donors (Lipinski definition) is 0. The first-order valence-electron chi connectivity index (χ1n) is 8.39. The van der Waals surface area contributed by atoms with Crippen molar-refractivity contribution in [2.75, 3.05) is 0 Å². The van der Waals surface area contributed by atoms with Crippen LogP contribution in [0.15, 0.2) is 78.9 Å². The largest absolute Gasteiger partial charge is 0.112 e. The quantitative estimate of drug-likeness (QED) is 0.422. The fourth-order valence-corrected chi connectivity index (χ4v) is 6.82. The standard InChI is InChI=1S/C22H23BrSi/c1-24(2,22-11-7-6-10-20(22)17-23)21-14-12-19(13-15-21)16-18-8-4-3-5-9-18/h3-15H,16-17H2,1-2H3. The van der Waals surface area contributed by atoms with Crippen LogP contribution in [0.4, 0.5) is 0 Å². The molecular weight excluding hydrogens is 372 g/mol. The molecule has 122 valence electrons. The Labute approximate surface area is 154 Å². The molecule has 0 fully saturated rings. The van der Waals surface area contributed by atoms with Crippen molar-refractivity contribution in [3.8, 4) is 0 Å². The molecule has 0 saturated heterocycles. The Morgan fingerprint density at radius 2 is 1.29 bits per heavy atom. The second kappa shape index (κ2) is 7.50.